The summed E-state index contributed by atoms with van der Waals surface area (Å²) in [6.07, 6.45) is 1.67. The molecule has 2 atom stereocenters. The number of hydrogen-bond acceptors (Lipinski definition) is 8. The molecule has 35 heavy (non-hydrogen) atoms. The Morgan fingerprint density at radius 1 is 1.26 bits per heavy atom. The molecule has 0 fully saturated rings. The third-order valence-corrected chi connectivity index (χ3v) is 5.74. The minimum absolute atomic E-state index is 0.0999. The number of rotatable bonds is 8. The van der Waals surface area contributed by atoms with Crippen LogP contribution in [0.5, 0.6) is 0 Å². The summed E-state index contributed by atoms with van der Waals surface area (Å²) in [4.78, 5) is 68.3. The molecule has 0 aliphatic carbocycles. The van der Waals surface area contributed by atoms with Gasteiger partial charge in [0.1, 0.15) is 18.3 Å². The maximum absolute atomic E-state index is 12.6. The summed E-state index contributed by atoms with van der Waals surface area (Å²) in [6.45, 7) is 0.724. The number of fused-ring (bicyclic) bond motifs is 3. The maximum Gasteiger partial charge on any atom is 0.326 e. The predicted octanol–water partition coefficient (Wildman–Crippen LogP) is -1.06. The third-order valence-electron chi connectivity index (χ3n) is 5.74. The molecule has 2 aliphatic heterocycles. The molecule has 182 valence electrons. The van der Waals surface area contributed by atoms with E-state index in [1.807, 2.05) is 4.90 Å². The molecule has 2 aliphatic rings. The number of carboxylic acid groups (broad SMARTS) is 2. The SMILES string of the molecule is Nc1nc2c(c(=O)[nH]1)[N+]1=CN(c3ccc(C(=O)N[C@@H](CCC(=O)O)C(=O)O)cc3)CC1CN2C=O. The smallest absolute Gasteiger partial charge is 0.326 e. The van der Waals surface area contributed by atoms with Gasteiger partial charge in [0, 0.05) is 12.0 Å². The highest BCUT2D eigenvalue weighted by Crippen LogP contribution is 2.31. The number of aromatic amines is 1. The lowest BCUT2D eigenvalue weighted by atomic mass is 10.1. The third kappa shape index (κ3) is 4.66. The Morgan fingerprint density at radius 2 is 1.97 bits per heavy atom. The van der Waals surface area contributed by atoms with Crippen LogP contribution in [0, 0.1) is 0 Å². The first-order valence-corrected chi connectivity index (χ1v) is 10.5. The van der Waals surface area contributed by atoms with Crippen LogP contribution in [0.4, 0.5) is 23.1 Å². The Kier molecular flexibility index (Phi) is 6.18. The van der Waals surface area contributed by atoms with Crippen LogP contribution in [0.3, 0.4) is 0 Å². The summed E-state index contributed by atoms with van der Waals surface area (Å²) >= 11 is 0. The summed E-state index contributed by atoms with van der Waals surface area (Å²) in [5.74, 6) is -3.07. The minimum atomic E-state index is -1.33. The zero-order valence-corrected chi connectivity index (χ0v) is 18.2. The minimum Gasteiger partial charge on any atom is -0.481 e. The Morgan fingerprint density at radius 3 is 2.60 bits per heavy atom. The number of carbonyl (C=O) groups is 4. The molecule has 4 rings (SSSR count). The highest BCUT2D eigenvalue weighted by Gasteiger charge is 2.42. The van der Waals surface area contributed by atoms with E-state index in [2.05, 4.69) is 15.3 Å². The first-order chi connectivity index (χ1) is 16.7. The van der Waals surface area contributed by atoms with Gasteiger partial charge in [-0.2, -0.15) is 4.98 Å². The number of aromatic nitrogens is 2. The number of nitrogens with one attached hydrogen (secondary N) is 2. The van der Waals surface area contributed by atoms with Gasteiger partial charge in [-0.1, -0.05) is 0 Å². The summed E-state index contributed by atoms with van der Waals surface area (Å²) in [5.41, 5.74) is 6.23. The molecule has 6 N–H and O–H groups in total. The molecule has 0 bridgehead atoms. The number of aliphatic carboxylic acids is 2. The zero-order valence-electron chi connectivity index (χ0n) is 18.2. The number of benzene rings is 1. The van der Waals surface area contributed by atoms with Gasteiger partial charge in [-0.25, -0.2) is 14.3 Å². The number of H-pyrrole nitrogens is 1. The van der Waals surface area contributed by atoms with E-state index in [9.17, 15) is 29.1 Å². The lowest BCUT2D eigenvalue weighted by Crippen LogP contribution is -2.45. The van der Waals surface area contributed by atoms with Crippen molar-refractivity contribution in [3.8, 4) is 0 Å². The standard InChI is InChI=1S/C21H21N7O7/c22-21-24-17-16(19(33)25-21)28-9-26(7-13(28)8-27(17)10-29)12-3-1-11(2-4-12)18(32)23-14(20(34)35)5-6-15(30)31/h1-4,9-10,13-14H,5-8H2,(H5-,22,23,24,25,30,31,32,33,34,35)/p+1/t13?,14-/m0/s1. The number of amides is 2. The second-order valence-electron chi connectivity index (χ2n) is 8.05. The van der Waals surface area contributed by atoms with Gasteiger partial charge in [0.25, 0.3) is 5.91 Å². The average Bonchev–Trinajstić information content (AvgIpc) is 3.24. The fraction of sp³-hybridized carbons (Fsp3) is 0.286. The Hall–Kier alpha value is -4.75. The van der Waals surface area contributed by atoms with Crippen LogP contribution in [0.15, 0.2) is 29.1 Å². The van der Waals surface area contributed by atoms with Crippen molar-refractivity contribution < 1.29 is 34.0 Å². The van der Waals surface area contributed by atoms with Crippen molar-refractivity contribution in [2.24, 2.45) is 0 Å². The Labute approximate surface area is 197 Å². The van der Waals surface area contributed by atoms with Crippen molar-refractivity contribution in [3.63, 3.8) is 0 Å². The molecule has 1 unspecified atom stereocenters. The van der Waals surface area contributed by atoms with Crippen molar-refractivity contribution in [1.82, 2.24) is 15.3 Å². The van der Waals surface area contributed by atoms with Crippen molar-refractivity contribution in [1.29, 1.82) is 0 Å². The van der Waals surface area contributed by atoms with Gasteiger partial charge in [-0.05, 0) is 30.7 Å². The molecule has 14 heteroatoms. The van der Waals surface area contributed by atoms with Crippen molar-refractivity contribution in [3.05, 3.63) is 40.2 Å². The molecule has 2 aromatic rings. The molecule has 0 saturated carbocycles. The summed E-state index contributed by atoms with van der Waals surface area (Å²) in [6, 6.07) is 4.76. The van der Waals surface area contributed by atoms with E-state index in [4.69, 9.17) is 10.8 Å². The fourth-order valence-corrected chi connectivity index (χ4v) is 4.05. The second kappa shape index (κ2) is 9.24. The van der Waals surface area contributed by atoms with Crippen LogP contribution < -0.4 is 26.4 Å². The molecule has 0 saturated heterocycles. The number of nitrogens with two attached hydrogens (primary N) is 1. The normalized spacial score (nSPS) is 17.1. The molecular weight excluding hydrogens is 462 g/mol. The first kappa shape index (κ1) is 23.4. The fourth-order valence-electron chi connectivity index (χ4n) is 4.05. The Balaban J connectivity index is 1.53. The highest BCUT2D eigenvalue weighted by molar-refractivity contribution is 5.97. The molecule has 14 nitrogen and oxygen atoms in total. The van der Waals surface area contributed by atoms with E-state index in [1.165, 1.54) is 17.0 Å². The van der Waals surface area contributed by atoms with E-state index in [0.717, 1.165) is 0 Å². The molecule has 2 amide bonds. The number of carboxylic acids is 2. The van der Waals surface area contributed by atoms with Gasteiger partial charge in [0.05, 0.1) is 6.54 Å². The van der Waals surface area contributed by atoms with Crippen molar-refractivity contribution in [2.75, 3.05) is 28.6 Å². The largest absolute Gasteiger partial charge is 0.481 e. The number of nitrogens with zero attached hydrogens (tertiary/aromatic N) is 4. The lowest BCUT2D eigenvalue weighted by molar-refractivity contribution is -0.469. The van der Waals surface area contributed by atoms with Gasteiger partial charge >= 0.3 is 17.5 Å². The van der Waals surface area contributed by atoms with Crippen LogP contribution in [-0.4, -0.2) is 80.5 Å². The quantitative estimate of drug-likeness (QED) is 0.227. The van der Waals surface area contributed by atoms with Gasteiger partial charge in [-0.15, -0.1) is 0 Å². The van der Waals surface area contributed by atoms with Crippen LogP contribution >= 0.6 is 0 Å². The number of hydrogen-bond donors (Lipinski definition) is 5. The number of anilines is 3. The van der Waals surface area contributed by atoms with E-state index < -0.39 is 35.9 Å². The van der Waals surface area contributed by atoms with Crippen LogP contribution in [0.1, 0.15) is 23.2 Å². The lowest BCUT2D eigenvalue weighted by Gasteiger charge is -2.27. The van der Waals surface area contributed by atoms with E-state index in [-0.39, 0.29) is 42.0 Å². The molecule has 1 aromatic carbocycles. The predicted molar refractivity (Wildman–Crippen MR) is 122 cm³/mol. The molecule has 3 heterocycles. The topological polar surface area (TPSA) is 202 Å². The summed E-state index contributed by atoms with van der Waals surface area (Å²) in [7, 11) is 0. The van der Waals surface area contributed by atoms with E-state index >= 15 is 0 Å². The second-order valence-corrected chi connectivity index (χ2v) is 8.05. The monoisotopic (exact) mass is 484 g/mol. The van der Waals surface area contributed by atoms with Crippen molar-refractivity contribution >= 4 is 53.7 Å². The molecule has 0 spiro atoms. The van der Waals surface area contributed by atoms with Crippen LogP contribution in [-0.2, 0) is 14.4 Å². The molecule has 0 radical (unpaired) electrons. The first-order valence-electron chi connectivity index (χ1n) is 10.5. The Bertz CT molecular complexity index is 1290. The number of nitrogen functional groups attached to an aromatic ring is 1. The van der Waals surface area contributed by atoms with Crippen LogP contribution in [0.2, 0.25) is 0 Å². The summed E-state index contributed by atoms with van der Waals surface area (Å²) in [5, 5.41) is 20.3. The van der Waals surface area contributed by atoms with Gasteiger partial charge in [0.2, 0.25) is 24.4 Å². The van der Waals surface area contributed by atoms with Crippen molar-refractivity contribution in [2.45, 2.75) is 24.9 Å². The number of carbonyl (C=O) groups excluding carboxylic acids is 2. The highest BCUT2D eigenvalue weighted by atomic mass is 16.4. The van der Waals surface area contributed by atoms with Gasteiger partial charge < -0.3 is 21.3 Å². The van der Waals surface area contributed by atoms with Crippen LogP contribution in [0.25, 0.3) is 0 Å². The van der Waals surface area contributed by atoms with Gasteiger partial charge in [0.15, 0.2) is 11.9 Å². The molecule has 1 aromatic heterocycles. The average molecular weight is 484 g/mol. The van der Waals surface area contributed by atoms with E-state index in [1.54, 1.807) is 23.0 Å². The zero-order chi connectivity index (χ0) is 25.3. The van der Waals surface area contributed by atoms with E-state index in [0.29, 0.717) is 18.6 Å². The molecular formula is C21H22N7O7+. The maximum atomic E-state index is 12.6. The summed E-state index contributed by atoms with van der Waals surface area (Å²) < 4.78 is 1.72. The van der Waals surface area contributed by atoms with Gasteiger partial charge in [-0.3, -0.25) is 29.1 Å².